The highest BCUT2D eigenvalue weighted by Gasteiger charge is 2.18. The molecule has 0 fully saturated rings. The van der Waals surface area contributed by atoms with Crippen LogP contribution in [0.2, 0.25) is 0 Å². The summed E-state index contributed by atoms with van der Waals surface area (Å²) in [4.78, 5) is 2.34. The van der Waals surface area contributed by atoms with E-state index in [2.05, 4.69) is 135 Å². The first-order chi connectivity index (χ1) is 18.6. The molecule has 0 N–H and O–H groups in total. The van der Waals surface area contributed by atoms with E-state index in [-0.39, 0.29) is 0 Å². The Hall–Kier alpha value is -4.14. The first-order valence-electron chi connectivity index (χ1n) is 13.2. The molecule has 0 aliphatic heterocycles. The Balaban J connectivity index is 1.64. The molecule has 0 aliphatic carbocycles. The molecule has 1 heterocycles. The van der Waals surface area contributed by atoms with E-state index in [0.717, 1.165) is 17.1 Å². The van der Waals surface area contributed by atoms with Crippen molar-refractivity contribution in [3.8, 4) is 0 Å². The van der Waals surface area contributed by atoms with Crippen LogP contribution in [0.1, 0.15) is 32.3 Å². The number of hydrogen-bond donors (Lipinski definition) is 0. The Bertz CT molecular complexity index is 1870. The molecule has 186 valence electrons. The van der Waals surface area contributed by atoms with Gasteiger partial charge in [-0.2, -0.15) is 0 Å². The van der Waals surface area contributed by atoms with Crippen LogP contribution in [0.3, 0.4) is 0 Å². The molecule has 0 radical (unpaired) electrons. The third-order valence-corrected chi connectivity index (χ3v) is 8.57. The maximum absolute atomic E-state index is 3.89. The number of benzene rings is 5. The Labute approximate surface area is 228 Å². The van der Waals surface area contributed by atoms with E-state index >= 15 is 0 Å². The Morgan fingerprint density at radius 1 is 0.763 bits per heavy atom. The molecule has 0 atom stereocenters. The van der Waals surface area contributed by atoms with Crippen LogP contribution in [-0.4, -0.2) is 0 Å². The molecule has 5 aromatic carbocycles. The Kier molecular flexibility index (Phi) is 6.35. The molecule has 0 saturated heterocycles. The lowest BCUT2D eigenvalue weighted by Crippen LogP contribution is -2.15. The highest BCUT2D eigenvalue weighted by Crippen LogP contribution is 2.45. The number of fused-ring (bicyclic) bond motifs is 8. The molecule has 38 heavy (non-hydrogen) atoms. The van der Waals surface area contributed by atoms with Gasteiger partial charge in [0.1, 0.15) is 0 Å². The summed E-state index contributed by atoms with van der Waals surface area (Å²) in [6, 6.07) is 33.5. The van der Waals surface area contributed by atoms with Crippen molar-refractivity contribution in [2.45, 2.75) is 26.7 Å². The van der Waals surface area contributed by atoms with Crippen molar-refractivity contribution in [2.24, 2.45) is 0 Å². The lowest BCUT2D eigenvalue weighted by molar-refractivity contribution is 0.866. The van der Waals surface area contributed by atoms with Crippen molar-refractivity contribution >= 4 is 64.4 Å². The molecule has 0 spiro atoms. The van der Waals surface area contributed by atoms with Crippen molar-refractivity contribution in [3.05, 3.63) is 133 Å². The van der Waals surface area contributed by atoms with Gasteiger partial charge >= 0.3 is 0 Å². The van der Waals surface area contributed by atoms with Gasteiger partial charge in [-0.3, -0.25) is 0 Å². The number of nitrogens with zero attached hydrogens (tertiary/aromatic N) is 1. The maximum atomic E-state index is 3.89. The largest absolute Gasteiger partial charge is 0.311 e. The topological polar surface area (TPSA) is 3.24 Å². The van der Waals surface area contributed by atoms with Crippen molar-refractivity contribution < 1.29 is 0 Å². The molecule has 1 nitrogen and oxygen atoms in total. The maximum Gasteiger partial charge on any atom is 0.0468 e. The predicted molar refractivity (Wildman–Crippen MR) is 170 cm³/mol. The summed E-state index contributed by atoms with van der Waals surface area (Å²) in [5.74, 6) is 0.496. The minimum Gasteiger partial charge on any atom is -0.311 e. The highest BCUT2D eigenvalue weighted by molar-refractivity contribution is 7.27. The van der Waals surface area contributed by atoms with E-state index in [9.17, 15) is 0 Å². The second-order valence-corrected chi connectivity index (χ2v) is 11.0. The van der Waals surface area contributed by atoms with E-state index in [1.165, 1.54) is 47.3 Å². The summed E-state index contributed by atoms with van der Waals surface area (Å²) in [7, 11) is 0. The fourth-order valence-corrected chi connectivity index (χ4v) is 6.69. The van der Waals surface area contributed by atoms with Gasteiger partial charge in [0.15, 0.2) is 0 Å². The van der Waals surface area contributed by atoms with Crippen LogP contribution in [0.15, 0.2) is 128 Å². The van der Waals surface area contributed by atoms with Gasteiger partial charge in [-0.25, -0.2) is 0 Å². The van der Waals surface area contributed by atoms with E-state index in [0.29, 0.717) is 5.92 Å². The highest BCUT2D eigenvalue weighted by atomic mass is 32.1. The van der Waals surface area contributed by atoms with Gasteiger partial charge < -0.3 is 4.90 Å². The molecular formula is C36H31NS. The molecule has 0 saturated carbocycles. The zero-order valence-electron chi connectivity index (χ0n) is 22.1. The first-order valence-corrected chi connectivity index (χ1v) is 14.0. The van der Waals surface area contributed by atoms with Gasteiger partial charge in [0.25, 0.3) is 0 Å². The third-order valence-electron chi connectivity index (χ3n) is 7.36. The average molecular weight is 510 g/mol. The van der Waals surface area contributed by atoms with Gasteiger partial charge in [-0.05, 0) is 71.0 Å². The second kappa shape index (κ2) is 9.96. The van der Waals surface area contributed by atoms with Crippen LogP contribution in [-0.2, 0) is 0 Å². The van der Waals surface area contributed by atoms with Gasteiger partial charge in [0.2, 0.25) is 0 Å². The minimum atomic E-state index is 0.496. The molecular weight excluding hydrogens is 478 g/mol. The minimum absolute atomic E-state index is 0.496. The van der Waals surface area contributed by atoms with Crippen molar-refractivity contribution in [3.63, 3.8) is 0 Å². The normalized spacial score (nSPS) is 12.5. The standard InChI is InChI=1S/C36H31NS/c1-5-7-12-26(6-2)37(27-19-17-25(18-20-27)24(3)4)28-21-22-34-33(23-28)35-31-15-10-8-13-29(31)30-14-9-11-16-32(30)36(35)38-34/h5-24H,1H2,2-4H3/b12-7-,26-6+. The van der Waals surface area contributed by atoms with Crippen LogP contribution >= 0.6 is 11.3 Å². The molecule has 1 aromatic heterocycles. The summed E-state index contributed by atoms with van der Waals surface area (Å²) < 4.78 is 2.67. The first kappa shape index (κ1) is 24.2. The summed E-state index contributed by atoms with van der Waals surface area (Å²) in [6.45, 7) is 10.5. The third kappa shape index (κ3) is 4.02. The Morgan fingerprint density at radius 2 is 1.39 bits per heavy atom. The zero-order valence-corrected chi connectivity index (χ0v) is 22.9. The number of rotatable bonds is 6. The van der Waals surface area contributed by atoms with E-state index in [1.807, 2.05) is 23.5 Å². The predicted octanol–water partition coefficient (Wildman–Crippen LogP) is 11.3. The van der Waals surface area contributed by atoms with Crippen LogP contribution in [0.5, 0.6) is 0 Å². The lowest BCUT2D eigenvalue weighted by Gasteiger charge is -2.27. The van der Waals surface area contributed by atoms with Crippen molar-refractivity contribution in [1.82, 2.24) is 0 Å². The van der Waals surface area contributed by atoms with Gasteiger partial charge in [-0.15, -0.1) is 11.3 Å². The number of anilines is 2. The summed E-state index contributed by atoms with van der Waals surface area (Å²) >= 11 is 1.90. The smallest absolute Gasteiger partial charge is 0.0468 e. The van der Waals surface area contributed by atoms with Crippen LogP contribution in [0.25, 0.3) is 41.7 Å². The number of allylic oxidation sites excluding steroid dienone is 4. The SMILES string of the molecule is C=C/C=C\C(=C/C)N(c1ccc(C(C)C)cc1)c1ccc2sc3c4ccccc4c4ccccc4c3c2c1. The van der Waals surface area contributed by atoms with Crippen LogP contribution in [0, 0.1) is 0 Å². The summed E-state index contributed by atoms with van der Waals surface area (Å²) in [5.41, 5.74) is 4.74. The fraction of sp³-hybridized carbons (Fsp3) is 0.111. The summed E-state index contributed by atoms with van der Waals surface area (Å²) in [5, 5.41) is 7.92. The van der Waals surface area contributed by atoms with E-state index in [1.54, 1.807) is 0 Å². The second-order valence-electron chi connectivity index (χ2n) is 9.97. The molecule has 2 heteroatoms. The van der Waals surface area contributed by atoms with E-state index < -0.39 is 0 Å². The summed E-state index contributed by atoms with van der Waals surface area (Å²) in [6.07, 6.45) is 8.12. The molecule has 6 rings (SSSR count). The monoisotopic (exact) mass is 509 g/mol. The molecule has 0 amide bonds. The number of hydrogen-bond acceptors (Lipinski definition) is 2. The van der Waals surface area contributed by atoms with Crippen LogP contribution < -0.4 is 4.90 Å². The average Bonchev–Trinajstić information content (AvgIpc) is 3.35. The lowest BCUT2D eigenvalue weighted by atomic mass is 9.97. The molecule has 0 unspecified atom stereocenters. The quantitative estimate of drug-likeness (QED) is 0.159. The molecule has 6 aromatic rings. The van der Waals surface area contributed by atoms with Gasteiger partial charge in [0, 0.05) is 42.6 Å². The number of thiophene rings is 1. The fourth-order valence-electron chi connectivity index (χ4n) is 5.46. The zero-order chi connectivity index (χ0) is 26.2. The van der Waals surface area contributed by atoms with Crippen molar-refractivity contribution in [2.75, 3.05) is 4.90 Å². The molecule has 0 aliphatic rings. The van der Waals surface area contributed by atoms with Gasteiger partial charge in [-0.1, -0.05) is 99.3 Å². The Morgan fingerprint density at radius 3 is 2.05 bits per heavy atom. The molecule has 0 bridgehead atoms. The van der Waals surface area contributed by atoms with Gasteiger partial charge in [0.05, 0.1) is 0 Å². The van der Waals surface area contributed by atoms with Crippen molar-refractivity contribution in [1.29, 1.82) is 0 Å². The van der Waals surface area contributed by atoms with Crippen LogP contribution in [0.4, 0.5) is 11.4 Å². The van der Waals surface area contributed by atoms with E-state index in [4.69, 9.17) is 0 Å².